The minimum Gasteiger partial charge on any atom is -0.352 e. The summed E-state index contributed by atoms with van der Waals surface area (Å²) >= 11 is 3.38. The summed E-state index contributed by atoms with van der Waals surface area (Å²) in [5.41, 5.74) is 0.671. The SMILES string of the molecule is CCC(C)NC(=O)Cn1cccc(-c2nc(-c3ccc(Br)cc3)no2)c1=O. The first kappa shape index (κ1) is 19.0. The molecule has 3 aromatic rings. The molecule has 7 nitrogen and oxygen atoms in total. The molecule has 0 aliphatic carbocycles. The highest BCUT2D eigenvalue weighted by Gasteiger charge is 2.16. The summed E-state index contributed by atoms with van der Waals surface area (Å²) in [4.78, 5) is 29.1. The van der Waals surface area contributed by atoms with Crippen LogP contribution in [-0.4, -0.2) is 26.7 Å². The molecule has 0 fully saturated rings. The fourth-order valence-corrected chi connectivity index (χ4v) is 2.71. The van der Waals surface area contributed by atoms with Crippen LogP contribution < -0.4 is 10.9 Å². The molecule has 1 aromatic carbocycles. The number of aromatic nitrogens is 3. The van der Waals surface area contributed by atoms with E-state index >= 15 is 0 Å². The number of amides is 1. The first-order valence-electron chi connectivity index (χ1n) is 8.56. The predicted octanol–water partition coefficient (Wildman–Crippen LogP) is 3.24. The van der Waals surface area contributed by atoms with Gasteiger partial charge in [0.05, 0.1) is 0 Å². The van der Waals surface area contributed by atoms with E-state index in [9.17, 15) is 9.59 Å². The van der Waals surface area contributed by atoms with Crippen molar-refractivity contribution in [1.29, 1.82) is 0 Å². The van der Waals surface area contributed by atoms with Gasteiger partial charge in [-0.1, -0.05) is 28.0 Å². The van der Waals surface area contributed by atoms with E-state index < -0.39 is 0 Å². The zero-order chi connectivity index (χ0) is 19.4. The Morgan fingerprint density at radius 1 is 1.30 bits per heavy atom. The van der Waals surface area contributed by atoms with Gasteiger partial charge < -0.3 is 14.4 Å². The zero-order valence-electron chi connectivity index (χ0n) is 15.0. The smallest absolute Gasteiger partial charge is 0.263 e. The minimum absolute atomic E-state index is 0.0563. The highest BCUT2D eigenvalue weighted by molar-refractivity contribution is 9.10. The number of hydrogen-bond acceptors (Lipinski definition) is 5. The van der Waals surface area contributed by atoms with Gasteiger partial charge in [-0.15, -0.1) is 0 Å². The Morgan fingerprint density at radius 3 is 2.74 bits per heavy atom. The lowest BCUT2D eigenvalue weighted by molar-refractivity contribution is -0.122. The number of nitrogens with one attached hydrogen (secondary N) is 1. The third-order valence-electron chi connectivity index (χ3n) is 4.11. The second-order valence-electron chi connectivity index (χ2n) is 6.16. The van der Waals surface area contributed by atoms with E-state index in [-0.39, 0.29) is 35.5 Å². The molecule has 1 unspecified atom stereocenters. The molecule has 27 heavy (non-hydrogen) atoms. The predicted molar refractivity (Wildman–Crippen MR) is 105 cm³/mol. The first-order chi connectivity index (χ1) is 13.0. The van der Waals surface area contributed by atoms with Crippen LogP contribution in [0.2, 0.25) is 0 Å². The van der Waals surface area contributed by atoms with Crippen LogP contribution in [0.25, 0.3) is 22.8 Å². The Kier molecular flexibility index (Phi) is 5.85. The van der Waals surface area contributed by atoms with Crippen molar-refractivity contribution < 1.29 is 9.32 Å². The highest BCUT2D eigenvalue weighted by Crippen LogP contribution is 2.21. The highest BCUT2D eigenvalue weighted by atomic mass is 79.9. The van der Waals surface area contributed by atoms with Crippen molar-refractivity contribution in [3.05, 3.63) is 57.4 Å². The van der Waals surface area contributed by atoms with Gasteiger partial charge in [-0.25, -0.2) is 0 Å². The van der Waals surface area contributed by atoms with E-state index in [0.717, 1.165) is 16.5 Å². The van der Waals surface area contributed by atoms with Gasteiger partial charge in [0, 0.05) is 22.3 Å². The summed E-state index contributed by atoms with van der Waals surface area (Å²) in [5, 5.41) is 6.79. The summed E-state index contributed by atoms with van der Waals surface area (Å²) in [7, 11) is 0. The lowest BCUT2D eigenvalue weighted by Gasteiger charge is -2.12. The number of carbonyl (C=O) groups is 1. The molecule has 0 spiro atoms. The average Bonchev–Trinajstić information content (AvgIpc) is 3.13. The van der Waals surface area contributed by atoms with Crippen molar-refractivity contribution in [3.8, 4) is 22.8 Å². The summed E-state index contributed by atoms with van der Waals surface area (Å²) in [6.07, 6.45) is 2.38. The molecule has 2 aromatic heterocycles. The second kappa shape index (κ2) is 8.30. The molecule has 3 rings (SSSR count). The van der Waals surface area contributed by atoms with Crippen LogP contribution in [0.1, 0.15) is 20.3 Å². The van der Waals surface area contributed by atoms with Crippen LogP contribution in [0.4, 0.5) is 0 Å². The van der Waals surface area contributed by atoms with E-state index in [1.165, 1.54) is 4.57 Å². The number of carbonyl (C=O) groups excluding carboxylic acids is 1. The van der Waals surface area contributed by atoms with Crippen molar-refractivity contribution >= 4 is 21.8 Å². The van der Waals surface area contributed by atoms with E-state index in [1.54, 1.807) is 18.3 Å². The lowest BCUT2D eigenvalue weighted by Crippen LogP contribution is -2.37. The molecular formula is C19H19BrN4O3. The molecule has 1 N–H and O–H groups in total. The number of hydrogen-bond donors (Lipinski definition) is 1. The van der Waals surface area contributed by atoms with Gasteiger partial charge in [0.15, 0.2) is 0 Å². The van der Waals surface area contributed by atoms with Crippen LogP contribution in [0.5, 0.6) is 0 Å². The molecule has 1 atom stereocenters. The van der Waals surface area contributed by atoms with Crippen LogP contribution in [0, 0.1) is 0 Å². The van der Waals surface area contributed by atoms with Crippen molar-refractivity contribution in [3.63, 3.8) is 0 Å². The third kappa shape index (κ3) is 4.51. The number of pyridine rings is 1. The lowest BCUT2D eigenvalue weighted by atomic mass is 10.2. The Morgan fingerprint density at radius 2 is 2.04 bits per heavy atom. The van der Waals surface area contributed by atoms with Crippen LogP contribution in [0.3, 0.4) is 0 Å². The molecule has 0 saturated carbocycles. The number of benzene rings is 1. The van der Waals surface area contributed by atoms with Gasteiger partial charge >= 0.3 is 0 Å². The molecule has 8 heteroatoms. The van der Waals surface area contributed by atoms with Gasteiger partial charge in [-0.3, -0.25) is 9.59 Å². The van der Waals surface area contributed by atoms with E-state index in [1.807, 2.05) is 38.1 Å². The quantitative estimate of drug-likeness (QED) is 0.647. The summed E-state index contributed by atoms with van der Waals surface area (Å²) in [6, 6.07) is 10.8. The van der Waals surface area contributed by atoms with Crippen molar-refractivity contribution in [2.45, 2.75) is 32.9 Å². The van der Waals surface area contributed by atoms with Crippen LogP contribution in [0.15, 0.2) is 56.4 Å². The standard InChI is InChI=1S/C19H19BrN4O3/c1-3-12(2)21-16(25)11-24-10-4-5-15(19(24)26)18-22-17(23-27-18)13-6-8-14(20)9-7-13/h4-10,12H,3,11H2,1-2H3,(H,21,25). The van der Waals surface area contributed by atoms with Gasteiger partial charge in [-0.05, 0) is 49.7 Å². The average molecular weight is 431 g/mol. The van der Waals surface area contributed by atoms with E-state index in [2.05, 4.69) is 31.4 Å². The normalized spacial score (nSPS) is 12.0. The fourth-order valence-electron chi connectivity index (χ4n) is 2.45. The molecular weight excluding hydrogens is 412 g/mol. The van der Waals surface area contributed by atoms with E-state index in [4.69, 9.17) is 4.52 Å². The Labute approximate surface area is 164 Å². The zero-order valence-corrected chi connectivity index (χ0v) is 16.6. The maximum Gasteiger partial charge on any atom is 0.263 e. The topological polar surface area (TPSA) is 90.0 Å². The minimum atomic E-state index is -0.359. The van der Waals surface area contributed by atoms with Gasteiger partial charge in [-0.2, -0.15) is 4.98 Å². The van der Waals surface area contributed by atoms with E-state index in [0.29, 0.717) is 5.82 Å². The number of nitrogens with zero attached hydrogens (tertiary/aromatic N) is 3. The maximum absolute atomic E-state index is 12.7. The van der Waals surface area contributed by atoms with Crippen molar-refractivity contribution in [1.82, 2.24) is 20.0 Å². The van der Waals surface area contributed by atoms with Gasteiger partial charge in [0.25, 0.3) is 11.4 Å². The van der Waals surface area contributed by atoms with Gasteiger partial charge in [0.2, 0.25) is 11.7 Å². The molecule has 0 bridgehead atoms. The Hall–Kier alpha value is -2.74. The van der Waals surface area contributed by atoms with Crippen molar-refractivity contribution in [2.24, 2.45) is 0 Å². The summed E-state index contributed by atoms with van der Waals surface area (Å²) in [6.45, 7) is 3.83. The molecule has 2 heterocycles. The van der Waals surface area contributed by atoms with Crippen LogP contribution in [-0.2, 0) is 11.3 Å². The van der Waals surface area contributed by atoms with Crippen LogP contribution >= 0.6 is 15.9 Å². The Bertz CT molecular complexity index is 995. The third-order valence-corrected chi connectivity index (χ3v) is 4.64. The Balaban J connectivity index is 1.85. The molecule has 0 radical (unpaired) electrons. The second-order valence-corrected chi connectivity index (χ2v) is 7.08. The fraction of sp³-hybridized carbons (Fsp3) is 0.263. The monoisotopic (exact) mass is 430 g/mol. The number of halogens is 1. The van der Waals surface area contributed by atoms with Gasteiger partial charge in [0.1, 0.15) is 12.1 Å². The maximum atomic E-state index is 12.7. The molecule has 1 amide bonds. The van der Waals surface area contributed by atoms with Crippen molar-refractivity contribution in [2.75, 3.05) is 0 Å². The molecule has 0 aliphatic heterocycles. The first-order valence-corrected chi connectivity index (χ1v) is 9.36. The summed E-state index contributed by atoms with van der Waals surface area (Å²) < 4.78 is 7.54. The molecule has 0 saturated heterocycles. The largest absolute Gasteiger partial charge is 0.352 e. The number of rotatable bonds is 6. The summed E-state index contributed by atoms with van der Waals surface area (Å²) in [5.74, 6) is 0.293. The molecule has 140 valence electrons. The molecule has 0 aliphatic rings.